The monoisotopic (exact) mass is 349 g/mol. The van der Waals surface area contributed by atoms with Crippen LogP contribution in [0.5, 0.6) is 0 Å². The maximum atomic E-state index is 4.37. The zero-order valence-electron chi connectivity index (χ0n) is 16.6. The molecule has 3 heteroatoms. The van der Waals surface area contributed by atoms with Crippen molar-refractivity contribution in [2.24, 2.45) is 4.99 Å². The Morgan fingerprint density at radius 2 is 1.88 bits per heavy atom. The third kappa shape index (κ3) is 3.77. The third-order valence-electron chi connectivity index (χ3n) is 5.59. The van der Waals surface area contributed by atoms with E-state index in [0.717, 1.165) is 35.5 Å². The van der Waals surface area contributed by atoms with Gasteiger partial charge in [-0.2, -0.15) is 0 Å². The van der Waals surface area contributed by atoms with Crippen molar-refractivity contribution in [3.8, 4) is 0 Å². The van der Waals surface area contributed by atoms with Gasteiger partial charge in [0.05, 0.1) is 6.04 Å². The van der Waals surface area contributed by atoms with E-state index in [4.69, 9.17) is 0 Å². The number of hydrogen-bond donors (Lipinski definition) is 2. The highest BCUT2D eigenvalue weighted by atomic mass is 15.1. The number of aliphatic imine (C=N–C) groups is 1. The van der Waals surface area contributed by atoms with E-state index in [-0.39, 0.29) is 5.54 Å². The van der Waals surface area contributed by atoms with E-state index in [1.807, 2.05) is 0 Å². The minimum atomic E-state index is 0.170. The average Bonchev–Trinajstić information content (AvgIpc) is 3.20. The molecule has 0 aromatic heterocycles. The molecule has 0 heterocycles. The van der Waals surface area contributed by atoms with Crippen molar-refractivity contribution in [2.45, 2.75) is 65.0 Å². The van der Waals surface area contributed by atoms with Crippen LogP contribution in [0, 0.1) is 0 Å². The summed E-state index contributed by atoms with van der Waals surface area (Å²) in [5.41, 5.74) is 7.47. The second kappa shape index (κ2) is 7.14. The van der Waals surface area contributed by atoms with Crippen LogP contribution in [0.15, 0.2) is 64.1 Å². The van der Waals surface area contributed by atoms with Crippen LogP contribution in [0.3, 0.4) is 0 Å². The summed E-state index contributed by atoms with van der Waals surface area (Å²) in [7, 11) is 0. The van der Waals surface area contributed by atoms with Gasteiger partial charge in [-0.15, -0.1) is 0 Å². The zero-order valence-corrected chi connectivity index (χ0v) is 16.6. The van der Waals surface area contributed by atoms with E-state index in [1.54, 1.807) is 0 Å². The first kappa shape index (κ1) is 18.5. The van der Waals surface area contributed by atoms with Crippen LogP contribution >= 0.6 is 0 Å². The lowest BCUT2D eigenvalue weighted by molar-refractivity contribution is 0.591. The molecule has 1 aromatic rings. The molecule has 0 aliphatic heterocycles. The summed E-state index contributed by atoms with van der Waals surface area (Å²) < 4.78 is 0. The number of allylic oxidation sites excluding steroid dienone is 2. The number of aryl methyl sites for hydroxylation is 1. The number of benzene rings is 1. The molecule has 2 aliphatic rings. The Morgan fingerprint density at radius 1 is 1.19 bits per heavy atom. The van der Waals surface area contributed by atoms with E-state index < -0.39 is 0 Å². The largest absolute Gasteiger partial charge is 0.378 e. The Morgan fingerprint density at radius 3 is 2.50 bits per heavy atom. The molecule has 0 amide bonds. The summed E-state index contributed by atoms with van der Waals surface area (Å²) in [6, 6.07) is 9.03. The maximum absolute atomic E-state index is 4.37. The molecule has 3 rings (SSSR count). The van der Waals surface area contributed by atoms with Crippen molar-refractivity contribution >= 4 is 6.72 Å². The van der Waals surface area contributed by atoms with Crippen LogP contribution in [0.25, 0.3) is 0 Å². The van der Waals surface area contributed by atoms with Gasteiger partial charge in [0, 0.05) is 22.4 Å². The Hall–Kier alpha value is -2.29. The smallest absolute Gasteiger partial charge is 0.129 e. The van der Waals surface area contributed by atoms with Gasteiger partial charge in [0.15, 0.2) is 0 Å². The predicted molar refractivity (Wildman–Crippen MR) is 111 cm³/mol. The van der Waals surface area contributed by atoms with Crippen LogP contribution < -0.4 is 10.6 Å². The lowest BCUT2D eigenvalue weighted by atomic mass is 9.98. The molecule has 1 aromatic carbocycles. The standard InChI is InChI=1S/C23H31N3/c1-15(2)21(16(3)22(24-6)26-23(5)13-14-23)17(4)25-20-12-11-18-9-7-8-10-19(18)20/h7-10,20,25-26H,4,6,11-14H2,1-3,5H3/b22-16-. The summed E-state index contributed by atoms with van der Waals surface area (Å²) >= 11 is 0. The number of nitrogens with one attached hydrogen (secondary N) is 2. The van der Waals surface area contributed by atoms with Crippen LogP contribution in [0.2, 0.25) is 0 Å². The molecule has 0 radical (unpaired) electrons. The van der Waals surface area contributed by atoms with Crippen molar-refractivity contribution in [3.05, 3.63) is 70.2 Å². The number of hydrogen-bond acceptors (Lipinski definition) is 3. The van der Waals surface area contributed by atoms with Crippen molar-refractivity contribution in [2.75, 3.05) is 0 Å². The first-order valence-electron chi connectivity index (χ1n) is 9.52. The number of fused-ring (bicyclic) bond motifs is 1. The Labute approximate surface area is 158 Å². The van der Waals surface area contributed by atoms with E-state index >= 15 is 0 Å². The van der Waals surface area contributed by atoms with Crippen LogP contribution in [-0.4, -0.2) is 12.3 Å². The molecule has 1 atom stereocenters. The minimum absolute atomic E-state index is 0.170. The van der Waals surface area contributed by atoms with Gasteiger partial charge in [0.25, 0.3) is 0 Å². The fourth-order valence-electron chi connectivity index (χ4n) is 3.86. The lowest BCUT2D eigenvalue weighted by Gasteiger charge is -2.23. The average molecular weight is 350 g/mol. The van der Waals surface area contributed by atoms with Gasteiger partial charge in [-0.3, -0.25) is 0 Å². The van der Waals surface area contributed by atoms with Gasteiger partial charge in [-0.05, 0) is 71.2 Å². The highest BCUT2D eigenvalue weighted by Crippen LogP contribution is 2.37. The lowest BCUT2D eigenvalue weighted by Crippen LogP contribution is -2.28. The van der Waals surface area contributed by atoms with Gasteiger partial charge < -0.3 is 10.6 Å². The highest BCUT2D eigenvalue weighted by molar-refractivity contribution is 5.50. The molecule has 2 aliphatic carbocycles. The van der Waals surface area contributed by atoms with E-state index in [9.17, 15) is 0 Å². The fraction of sp³-hybridized carbons (Fsp3) is 0.435. The molecule has 0 saturated heterocycles. The summed E-state index contributed by atoms with van der Waals surface area (Å²) in [5.74, 6) is 0.871. The van der Waals surface area contributed by atoms with Gasteiger partial charge in [-0.25, -0.2) is 4.99 Å². The molecular formula is C23H31N3. The molecule has 3 nitrogen and oxygen atoms in total. The molecular weight excluding hydrogens is 318 g/mol. The fourth-order valence-corrected chi connectivity index (χ4v) is 3.86. The number of rotatable bonds is 7. The first-order chi connectivity index (χ1) is 12.3. The van der Waals surface area contributed by atoms with Gasteiger partial charge >= 0.3 is 0 Å². The second-order valence-corrected chi connectivity index (χ2v) is 8.11. The molecule has 0 bridgehead atoms. The van der Waals surface area contributed by atoms with Gasteiger partial charge in [0.2, 0.25) is 0 Å². The SMILES string of the molecule is C=N/C(NC1(C)CC1)=C(\C)C(C(=C)NC1CCc2ccccc21)=C(C)C. The quantitative estimate of drug-likeness (QED) is 0.525. The maximum Gasteiger partial charge on any atom is 0.129 e. The minimum Gasteiger partial charge on any atom is -0.378 e. The van der Waals surface area contributed by atoms with Crippen LogP contribution in [-0.2, 0) is 6.42 Å². The number of nitrogens with zero attached hydrogens (tertiary/aromatic N) is 1. The Balaban J connectivity index is 1.83. The van der Waals surface area contributed by atoms with Crippen molar-refractivity contribution in [1.82, 2.24) is 10.6 Å². The first-order valence-corrected chi connectivity index (χ1v) is 9.52. The van der Waals surface area contributed by atoms with E-state index in [0.29, 0.717) is 6.04 Å². The van der Waals surface area contributed by atoms with Crippen LogP contribution in [0.4, 0.5) is 0 Å². The second-order valence-electron chi connectivity index (χ2n) is 8.11. The van der Waals surface area contributed by atoms with Crippen molar-refractivity contribution in [1.29, 1.82) is 0 Å². The van der Waals surface area contributed by atoms with E-state index in [1.165, 1.54) is 29.5 Å². The summed E-state index contributed by atoms with van der Waals surface area (Å²) in [6.45, 7) is 16.8. The zero-order chi connectivity index (χ0) is 18.9. The van der Waals surface area contributed by atoms with Crippen molar-refractivity contribution in [3.63, 3.8) is 0 Å². The molecule has 1 unspecified atom stereocenters. The molecule has 138 valence electrons. The van der Waals surface area contributed by atoms with Crippen molar-refractivity contribution < 1.29 is 0 Å². The topological polar surface area (TPSA) is 36.4 Å². The molecule has 2 N–H and O–H groups in total. The van der Waals surface area contributed by atoms with Gasteiger partial charge in [-0.1, -0.05) is 36.4 Å². The molecule has 1 fully saturated rings. The molecule has 0 spiro atoms. The summed E-state index contributed by atoms with van der Waals surface area (Å²) in [5, 5.41) is 7.24. The molecule has 1 saturated carbocycles. The van der Waals surface area contributed by atoms with Gasteiger partial charge in [0.1, 0.15) is 5.82 Å². The third-order valence-corrected chi connectivity index (χ3v) is 5.59. The Kier molecular flexibility index (Phi) is 5.08. The summed E-state index contributed by atoms with van der Waals surface area (Å²) in [4.78, 5) is 4.28. The highest BCUT2D eigenvalue weighted by Gasteiger charge is 2.38. The summed E-state index contributed by atoms with van der Waals surface area (Å²) in [6.07, 6.45) is 4.60. The normalized spacial score (nSPS) is 20.5. The molecule has 26 heavy (non-hydrogen) atoms. The van der Waals surface area contributed by atoms with Crippen LogP contribution in [0.1, 0.15) is 64.1 Å². The Bertz CT molecular complexity index is 789. The van der Waals surface area contributed by atoms with E-state index in [2.05, 4.69) is 80.9 Å². The predicted octanol–water partition coefficient (Wildman–Crippen LogP) is 5.19.